The molecule has 0 aromatic heterocycles. The fourth-order valence-electron chi connectivity index (χ4n) is 1.68. The maximum atomic E-state index is 12.0. The molecule has 1 amide bonds. The number of benzene rings is 2. The van der Waals surface area contributed by atoms with Crippen LogP contribution in [0.2, 0.25) is 0 Å². The van der Waals surface area contributed by atoms with E-state index >= 15 is 0 Å². The predicted molar refractivity (Wildman–Crippen MR) is 73.7 cm³/mol. The van der Waals surface area contributed by atoms with Crippen LogP contribution in [0.25, 0.3) is 0 Å². The van der Waals surface area contributed by atoms with Gasteiger partial charge in [0.2, 0.25) is 0 Å². The largest absolute Gasteiger partial charge is 0.508 e. The standard InChI is InChI=1S/C15H15NO3/c1-2-19-14-8-3-5-11(9-14)15(18)16-12-6-4-7-13(17)10-12/h3-10,17H,2H2,1H3,(H,16,18). The number of rotatable bonds is 4. The van der Waals surface area contributed by atoms with E-state index in [4.69, 9.17) is 4.74 Å². The minimum absolute atomic E-state index is 0.112. The Kier molecular flexibility index (Phi) is 4.03. The Morgan fingerprint density at radius 2 is 2.00 bits per heavy atom. The first-order valence-electron chi connectivity index (χ1n) is 6.02. The van der Waals surface area contributed by atoms with Gasteiger partial charge in [-0.2, -0.15) is 0 Å². The molecule has 2 aromatic rings. The molecule has 2 aromatic carbocycles. The van der Waals surface area contributed by atoms with Gasteiger partial charge in [0, 0.05) is 17.3 Å². The highest BCUT2D eigenvalue weighted by molar-refractivity contribution is 6.04. The summed E-state index contributed by atoms with van der Waals surface area (Å²) in [4.78, 5) is 12.0. The molecular weight excluding hydrogens is 242 g/mol. The average molecular weight is 257 g/mol. The quantitative estimate of drug-likeness (QED) is 0.885. The Bertz CT molecular complexity index is 581. The number of anilines is 1. The molecule has 0 aliphatic carbocycles. The molecule has 0 aliphatic rings. The van der Waals surface area contributed by atoms with E-state index in [9.17, 15) is 9.90 Å². The van der Waals surface area contributed by atoms with Gasteiger partial charge in [0.15, 0.2) is 0 Å². The molecule has 0 atom stereocenters. The smallest absolute Gasteiger partial charge is 0.255 e. The van der Waals surface area contributed by atoms with Crippen LogP contribution >= 0.6 is 0 Å². The van der Waals surface area contributed by atoms with E-state index < -0.39 is 0 Å². The summed E-state index contributed by atoms with van der Waals surface area (Å²) in [6.07, 6.45) is 0. The van der Waals surface area contributed by atoms with Gasteiger partial charge in [0.05, 0.1) is 6.61 Å². The van der Waals surface area contributed by atoms with Crippen LogP contribution in [0.3, 0.4) is 0 Å². The number of hydrogen-bond donors (Lipinski definition) is 2. The number of carbonyl (C=O) groups excluding carboxylic acids is 1. The third-order valence-electron chi connectivity index (χ3n) is 2.51. The van der Waals surface area contributed by atoms with Crippen molar-refractivity contribution in [3.8, 4) is 11.5 Å². The number of carbonyl (C=O) groups is 1. The van der Waals surface area contributed by atoms with Crippen LogP contribution in [0.1, 0.15) is 17.3 Å². The van der Waals surface area contributed by atoms with Crippen LogP contribution in [-0.4, -0.2) is 17.6 Å². The van der Waals surface area contributed by atoms with Gasteiger partial charge in [0.25, 0.3) is 5.91 Å². The third kappa shape index (κ3) is 3.48. The zero-order valence-corrected chi connectivity index (χ0v) is 10.6. The van der Waals surface area contributed by atoms with Gasteiger partial charge in [-0.15, -0.1) is 0 Å². The summed E-state index contributed by atoms with van der Waals surface area (Å²) >= 11 is 0. The van der Waals surface area contributed by atoms with Gasteiger partial charge in [0.1, 0.15) is 11.5 Å². The second-order valence-electron chi connectivity index (χ2n) is 3.97. The van der Waals surface area contributed by atoms with Crippen LogP contribution in [0.15, 0.2) is 48.5 Å². The number of ether oxygens (including phenoxy) is 1. The van der Waals surface area contributed by atoms with Crippen molar-refractivity contribution >= 4 is 11.6 Å². The summed E-state index contributed by atoms with van der Waals surface area (Å²) in [5, 5.41) is 12.1. The van der Waals surface area contributed by atoms with Crippen LogP contribution in [0.5, 0.6) is 11.5 Å². The monoisotopic (exact) mass is 257 g/mol. The van der Waals surface area contributed by atoms with Crippen molar-refractivity contribution in [2.75, 3.05) is 11.9 Å². The fraction of sp³-hybridized carbons (Fsp3) is 0.133. The van der Waals surface area contributed by atoms with Crippen molar-refractivity contribution in [1.82, 2.24) is 0 Å². The Balaban J connectivity index is 2.13. The van der Waals surface area contributed by atoms with Gasteiger partial charge in [-0.3, -0.25) is 4.79 Å². The van der Waals surface area contributed by atoms with Crippen molar-refractivity contribution in [2.45, 2.75) is 6.92 Å². The van der Waals surface area contributed by atoms with Crippen molar-refractivity contribution in [2.24, 2.45) is 0 Å². The van der Waals surface area contributed by atoms with Gasteiger partial charge < -0.3 is 15.2 Å². The molecule has 19 heavy (non-hydrogen) atoms. The summed E-state index contributed by atoms with van der Waals surface area (Å²) in [6.45, 7) is 2.44. The summed E-state index contributed by atoms with van der Waals surface area (Å²) < 4.78 is 5.35. The first-order chi connectivity index (χ1) is 9.19. The highest BCUT2D eigenvalue weighted by atomic mass is 16.5. The molecule has 0 saturated carbocycles. The number of phenolic OH excluding ortho intramolecular Hbond substituents is 1. The molecule has 0 saturated heterocycles. The molecule has 4 heteroatoms. The minimum atomic E-state index is -0.243. The minimum Gasteiger partial charge on any atom is -0.508 e. The van der Waals surface area contributed by atoms with E-state index in [2.05, 4.69) is 5.32 Å². The first-order valence-corrected chi connectivity index (χ1v) is 6.02. The van der Waals surface area contributed by atoms with E-state index in [0.717, 1.165) is 0 Å². The van der Waals surface area contributed by atoms with Crippen molar-refractivity contribution in [3.63, 3.8) is 0 Å². The molecule has 2 N–H and O–H groups in total. The Morgan fingerprint density at radius 1 is 1.21 bits per heavy atom. The second-order valence-corrected chi connectivity index (χ2v) is 3.97. The molecule has 0 radical (unpaired) electrons. The second kappa shape index (κ2) is 5.91. The zero-order chi connectivity index (χ0) is 13.7. The van der Waals surface area contributed by atoms with Crippen LogP contribution in [-0.2, 0) is 0 Å². The lowest BCUT2D eigenvalue weighted by atomic mass is 10.2. The van der Waals surface area contributed by atoms with Crippen molar-refractivity contribution in [3.05, 3.63) is 54.1 Å². The van der Waals surface area contributed by atoms with Gasteiger partial charge in [-0.05, 0) is 37.3 Å². The fourth-order valence-corrected chi connectivity index (χ4v) is 1.68. The lowest BCUT2D eigenvalue weighted by Gasteiger charge is -2.07. The SMILES string of the molecule is CCOc1cccc(C(=O)Nc2cccc(O)c2)c1. The van der Waals surface area contributed by atoms with E-state index in [1.54, 1.807) is 42.5 Å². The normalized spacial score (nSPS) is 9.95. The molecule has 0 fully saturated rings. The van der Waals surface area contributed by atoms with Gasteiger partial charge in [-0.25, -0.2) is 0 Å². The molecule has 2 rings (SSSR count). The molecule has 4 nitrogen and oxygen atoms in total. The number of hydrogen-bond acceptors (Lipinski definition) is 3. The van der Waals surface area contributed by atoms with Gasteiger partial charge >= 0.3 is 0 Å². The first kappa shape index (κ1) is 13.0. The topological polar surface area (TPSA) is 58.6 Å². The Hall–Kier alpha value is -2.49. The highest BCUT2D eigenvalue weighted by Gasteiger charge is 2.07. The number of aromatic hydroxyl groups is 1. The van der Waals surface area contributed by atoms with Crippen LogP contribution < -0.4 is 10.1 Å². The van der Waals surface area contributed by atoms with E-state index in [0.29, 0.717) is 23.6 Å². The third-order valence-corrected chi connectivity index (χ3v) is 2.51. The number of nitrogens with one attached hydrogen (secondary N) is 1. The van der Waals surface area contributed by atoms with E-state index in [1.807, 2.05) is 6.92 Å². The van der Waals surface area contributed by atoms with Crippen molar-refractivity contribution < 1.29 is 14.6 Å². The summed E-state index contributed by atoms with van der Waals surface area (Å²) in [5.74, 6) is 0.527. The molecule has 0 heterocycles. The van der Waals surface area contributed by atoms with Gasteiger partial charge in [-0.1, -0.05) is 12.1 Å². The molecule has 0 aliphatic heterocycles. The van der Waals surface area contributed by atoms with Crippen LogP contribution in [0, 0.1) is 0 Å². The average Bonchev–Trinajstić information content (AvgIpc) is 2.39. The molecule has 98 valence electrons. The maximum absolute atomic E-state index is 12.0. The molecule has 0 bridgehead atoms. The lowest BCUT2D eigenvalue weighted by molar-refractivity contribution is 0.102. The summed E-state index contributed by atoms with van der Waals surface area (Å²) in [7, 11) is 0. The lowest BCUT2D eigenvalue weighted by Crippen LogP contribution is -2.11. The molecule has 0 unspecified atom stereocenters. The Morgan fingerprint density at radius 3 is 2.74 bits per heavy atom. The zero-order valence-electron chi connectivity index (χ0n) is 10.6. The summed E-state index contributed by atoms with van der Waals surface area (Å²) in [5.41, 5.74) is 1.06. The van der Waals surface area contributed by atoms with E-state index in [-0.39, 0.29) is 11.7 Å². The molecular formula is C15H15NO3. The Labute approximate surface area is 111 Å². The highest BCUT2D eigenvalue weighted by Crippen LogP contribution is 2.18. The summed E-state index contributed by atoms with van der Waals surface area (Å²) in [6, 6.07) is 13.4. The number of phenols is 1. The van der Waals surface area contributed by atoms with Crippen LogP contribution in [0.4, 0.5) is 5.69 Å². The number of amides is 1. The van der Waals surface area contributed by atoms with Crippen molar-refractivity contribution in [1.29, 1.82) is 0 Å². The predicted octanol–water partition coefficient (Wildman–Crippen LogP) is 3.04. The molecule has 0 spiro atoms. The van der Waals surface area contributed by atoms with E-state index in [1.165, 1.54) is 6.07 Å². The maximum Gasteiger partial charge on any atom is 0.255 e.